The highest BCUT2D eigenvalue weighted by Crippen LogP contribution is 2.37. The van der Waals surface area contributed by atoms with Crippen molar-refractivity contribution in [3.05, 3.63) is 60.4 Å². The molecule has 0 N–H and O–H groups in total. The number of esters is 1. The van der Waals surface area contributed by atoms with E-state index in [1.165, 1.54) is 22.8 Å². The third-order valence-electron chi connectivity index (χ3n) is 4.91. The maximum atomic E-state index is 13.0. The summed E-state index contributed by atoms with van der Waals surface area (Å²) in [6, 6.07) is 12.8. The lowest BCUT2D eigenvalue weighted by Crippen LogP contribution is -2.51. The van der Waals surface area contributed by atoms with Gasteiger partial charge in [-0.25, -0.2) is 8.42 Å². The number of aromatic nitrogens is 1. The monoisotopic (exact) mass is 388 g/mol. The van der Waals surface area contributed by atoms with Crippen LogP contribution in [0.3, 0.4) is 0 Å². The third-order valence-corrected chi connectivity index (χ3v) is 6.74. The third kappa shape index (κ3) is 4.20. The van der Waals surface area contributed by atoms with Crippen molar-refractivity contribution in [2.24, 2.45) is 5.41 Å². The molecule has 1 atom stereocenters. The maximum absolute atomic E-state index is 13.0. The molecule has 1 aliphatic rings. The summed E-state index contributed by atoms with van der Waals surface area (Å²) < 4.78 is 32.8. The van der Waals surface area contributed by atoms with E-state index >= 15 is 0 Å². The molecular formula is C20H24N2O4S. The van der Waals surface area contributed by atoms with Gasteiger partial charge < -0.3 is 4.74 Å². The number of carbonyl (C=O) groups excluding carboxylic acids is 1. The molecule has 1 saturated heterocycles. The van der Waals surface area contributed by atoms with E-state index in [1.54, 1.807) is 13.0 Å². The van der Waals surface area contributed by atoms with Crippen LogP contribution < -0.4 is 0 Å². The Morgan fingerprint density at radius 1 is 1.22 bits per heavy atom. The fraction of sp³-hybridized carbons (Fsp3) is 0.400. The predicted octanol–water partition coefficient (Wildman–Crippen LogP) is 2.66. The Labute approximate surface area is 160 Å². The first-order valence-corrected chi connectivity index (χ1v) is 10.5. The number of sulfonamides is 1. The number of pyridine rings is 1. The Hall–Kier alpha value is -2.25. The Bertz CT molecular complexity index is 871. The topological polar surface area (TPSA) is 76.6 Å². The van der Waals surface area contributed by atoms with Crippen LogP contribution in [0.4, 0.5) is 0 Å². The molecule has 0 spiro atoms. The van der Waals surface area contributed by atoms with Gasteiger partial charge in [0.2, 0.25) is 10.0 Å². The van der Waals surface area contributed by atoms with E-state index in [-0.39, 0.29) is 24.0 Å². The Kier molecular flexibility index (Phi) is 5.92. The molecule has 0 radical (unpaired) electrons. The Morgan fingerprint density at radius 3 is 2.67 bits per heavy atom. The van der Waals surface area contributed by atoms with Crippen LogP contribution in [0, 0.1) is 5.41 Å². The fourth-order valence-corrected chi connectivity index (χ4v) is 5.13. The van der Waals surface area contributed by atoms with E-state index in [1.807, 2.05) is 30.3 Å². The van der Waals surface area contributed by atoms with Crippen LogP contribution in [-0.4, -0.2) is 43.4 Å². The minimum atomic E-state index is -3.71. The van der Waals surface area contributed by atoms with E-state index < -0.39 is 15.4 Å². The summed E-state index contributed by atoms with van der Waals surface area (Å²) in [5.74, 6) is -0.333. The average molecular weight is 388 g/mol. The summed E-state index contributed by atoms with van der Waals surface area (Å²) in [4.78, 5) is 16.9. The lowest BCUT2D eigenvalue weighted by atomic mass is 9.75. The van der Waals surface area contributed by atoms with Crippen molar-refractivity contribution < 1.29 is 17.9 Å². The number of rotatable bonds is 6. The minimum Gasteiger partial charge on any atom is -0.466 e. The molecule has 3 rings (SSSR count). The highest BCUT2D eigenvalue weighted by molar-refractivity contribution is 7.89. The van der Waals surface area contributed by atoms with Crippen molar-refractivity contribution in [2.75, 3.05) is 19.7 Å². The lowest BCUT2D eigenvalue weighted by Gasteiger charge is -2.40. The van der Waals surface area contributed by atoms with Crippen LogP contribution in [0.25, 0.3) is 0 Å². The van der Waals surface area contributed by atoms with Gasteiger partial charge in [0.25, 0.3) is 0 Å². The molecule has 0 bridgehead atoms. The first kappa shape index (κ1) is 19.5. The predicted molar refractivity (Wildman–Crippen MR) is 101 cm³/mol. The van der Waals surface area contributed by atoms with Crippen LogP contribution in [0.15, 0.2) is 59.8 Å². The van der Waals surface area contributed by atoms with Gasteiger partial charge in [-0.3, -0.25) is 9.78 Å². The number of benzene rings is 1. The number of ether oxygens (including phenoxy) is 1. The quantitative estimate of drug-likeness (QED) is 0.711. The molecule has 7 heteroatoms. The van der Waals surface area contributed by atoms with Crippen LogP contribution in [0.5, 0.6) is 0 Å². The number of carbonyl (C=O) groups is 1. The van der Waals surface area contributed by atoms with Gasteiger partial charge >= 0.3 is 5.97 Å². The molecule has 27 heavy (non-hydrogen) atoms. The van der Waals surface area contributed by atoms with Crippen molar-refractivity contribution in [3.8, 4) is 0 Å². The summed E-state index contributed by atoms with van der Waals surface area (Å²) in [5.41, 5.74) is 0.108. The molecule has 1 fully saturated rings. The number of hydrogen-bond donors (Lipinski definition) is 0. The van der Waals surface area contributed by atoms with E-state index in [0.717, 1.165) is 5.56 Å². The second-order valence-electron chi connectivity index (χ2n) is 6.79. The minimum absolute atomic E-state index is 0.109. The summed E-state index contributed by atoms with van der Waals surface area (Å²) in [5, 5.41) is 0. The molecular weight excluding hydrogens is 364 g/mol. The Balaban J connectivity index is 1.93. The van der Waals surface area contributed by atoms with Crippen molar-refractivity contribution in [3.63, 3.8) is 0 Å². The zero-order valence-corrected chi connectivity index (χ0v) is 16.2. The molecule has 0 saturated carbocycles. The molecule has 144 valence electrons. The SMILES string of the molecule is CCOC(=O)[C@@]1(Cc2ccccc2)CCCN(S(=O)(=O)c2cccnc2)C1. The van der Waals surface area contributed by atoms with Crippen LogP contribution in [0.2, 0.25) is 0 Å². The molecule has 2 aromatic rings. The van der Waals surface area contributed by atoms with Crippen molar-refractivity contribution in [1.82, 2.24) is 9.29 Å². The van der Waals surface area contributed by atoms with Crippen molar-refractivity contribution >= 4 is 16.0 Å². The summed E-state index contributed by atoms with van der Waals surface area (Å²) in [6.45, 7) is 2.52. The van der Waals surface area contributed by atoms with Crippen molar-refractivity contribution in [1.29, 1.82) is 0 Å². The molecule has 2 heterocycles. The number of nitrogens with zero attached hydrogens (tertiary/aromatic N) is 2. The first-order valence-electron chi connectivity index (χ1n) is 9.09. The van der Waals surface area contributed by atoms with Gasteiger partial charge in [-0.05, 0) is 43.9 Å². The second kappa shape index (κ2) is 8.19. The van der Waals surface area contributed by atoms with Crippen molar-refractivity contribution in [2.45, 2.75) is 31.1 Å². The lowest BCUT2D eigenvalue weighted by molar-refractivity contribution is -0.157. The molecule has 1 aromatic heterocycles. The smallest absolute Gasteiger partial charge is 0.313 e. The van der Waals surface area contributed by atoms with Crippen LogP contribution in [0.1, 0.15) is 25.3 Å². The summed E-state index contributed by atoms with van der Waals surface area (Å²) in [7, 11) is -3.71. The van der Waals surface area contributed by atoms with Gasteiger partial charge in [0.1, 0.15) is 4.90 Å². The van der Waals surface area contributed by atoms with Gasteiger partial charge in [0.15, 0.2) is 0 Å². The average Bonchev–Trinajstić information content (AvgIpc) is 2.70. The normalized spacial score (nSPS) is 20.9. The molecule has 0 unspecified atom stereocenters. The largest absolute Gasteiger partial charge is 0.466 e. The van der Waals surface area contributed by atoms with Gasteiger partial charge in [-0.1, -0.05) is 30.3 Å². The standard InChI is InChI=1S/C20H24N2O4S/c1-2-26-19(23)20(14-17-8-4-3-5-9-17)11-7-13-22(16-20)27(24,25)18-10-6-12-21-15-18/h3-6,8-10,12,15H,2,7,11,13-14,16H2,1H3/t20-/m1/s1. The number of hydrogen-bond acceptors (Lipinski definition) is 5. The highest BCUT2D eigenvalue weighted by Gasteiger charge is 2.46. The fourth-order valence-electron chi connectivity index (χ4n) is 3.60. The van der Waals surface area contributed by atoms with Crippen LogP contribution >= 0.6 is 0 Å². The van der Waals surface area contributed by atoms with Gasteiger partial charge in [0, 0.05) is 25.5 Å². The van der Waals surface area contributed by atoms with Gasteiger partial charge in [-0.15, -0.1) is 0 Å². The number of piperidine rings is 1. The van der Waals surface area contributed by atoms with Crippen LogP contribution in [-0.2, 0) is 26.0 Å². The van der Waals surface area contributed by atoms with Gasteiger partial charge in [-0.2, -0.15) is 4.31 Å². The van der Waals surface area contributed by atoms with E-state index in [0.29, 0.717) is 25.8 Å². The first-order chi connectivity index (χ1) is 13.0. The maximum Gasteiger partial charge on any atom is 0.313 e. The summed E-state index contributed by atoms with van der Waals surface area (Å²) >= 11 is 0. The Morgan fingerprint density at radius 2 is 2.00 bits per heavy atom. The second-order valence-corrected chi connectivity index (χ2v) is 8.73. The van der Waals surface area contributed by atoms with E-state index in [4.69, 9.17) is 4.74 Å². The van der Waals surface area contributed by atoms with E-state index in [9.17, 15) is 13.2 Å². The molecule has 1 aromatic carbocycles. The molecule has 1 aliphatic heterocycles. The molecule has 0 amide bonds. The zero-order chi connectivity index (χ0) is 19.3. The van der Waals surface area contributed by atoms with Gasteiger partial charge in [0.05, 0.1) is 12.0 Å². The highest BCUT2D eigenvalue weighted by atomic mass is 32.2. The molecule has 6 nitrogen and oxygen atoms in total. The zero-order valence-electron chi connectivity index (χ0n) is 15.4. The summed E-state index contributed by atoms with van der Waals surface area (Å²) in [6.07, 6.45) is 4.53. The van der Waals surface area contributed by atoms with E-state index in [2.05, 4.69) is 4.98 Å². The molecule has 0 aliphatic carbocycles.